The van der Waals surface area contributed by atoms with Gasteiger partial charge in [-0.3, -0.25) is 9.69 Å². The van der Waals surface area contributed by atoms with Crippen molar-refractivity contribution >= 4 is 11.6 Å². The third kappa shape index (κ3) is 3.08. The number of rotatable bonds is 4. The fourth-order valence-electron chi connectivity index (χ4n) is 2.05. The Balaban J connectivity index is 1.88. The molecule has 0 heterocycles. The smallest absolute Gasteiger partial charge is 0.238 e. The van der Waals surface area contributed by atoms with Gasteiger partial charge in [-0.25, -0.2) is 0 Å². The molecule has 0 aromatic heterocycles. The minimum absolute atomic E-state index is 0.0283. The van der Waals surface area contributed by atoms with Crippen LogP contribution in [0.5, 0.6) is 0 Å². The molecule has 4 heteroatoms. The van der Waals surface area contributed by atoms with Crippen LogP contribution in [0.4, 0.5) is 5.69 Å². The zero-order chi connectivity index (χ0) is 13.0. The fraction of sp³-hybridized carbons (Fsp3) is 0.429. The van der Waals surface area contributed by atoms with Gasteiger partial charge >= 0.3 is 0 Å². The number of anilines is 1. The molecule has 4 nitrogen and oxygen atoms in total. The standard InChI is InChI=1S/C14H17N3O/c1-17(13-6-3-7-13)10-14(18)16-12-5-2-4-11(8-12)9-15/h2,4-5,8,13H,3,6-7,10H2,1H3,(H,16,18). The van der Waals surface area contributed by atoms with E-state index >= 15 is 0 Å². The monoisotopic (exact) mass is 243 g/mol. The van der Waals surface area contributed by atoms with E-state index in [1.807, 2.05) is 7.05 Å². The minimum Gasteiger partial charge on any atom is -0.325 e. The molecule has 0 bridgehead atoms. The van der Waals surface area contributed by atoms with E-state index in [0.717, 1.165) is 0 Å². The van der Waals surface area contributed by atoms with E-state index in [1.54, 1.807) is 24.3 Å². The van der Waals surface area contributed by atoms with Crippen LogP contribution in [0.2, 0.25) is 0 Å². The van der Waals surface area contributed by atoms with Gasteiger partial charge in [-0.15, -0.1) is 0 Å². The minimum atomic E-state index is -0.0283. The van der Waals surface area contributed by atoms with E-state index in [2.05, 4.69) is 16.3 Å². The number of amides is 1. The maximum Gasteiger partial charge on any atom is 0.238 e. The van der Waals surface area contributed by atoms with Crippen molar-refractivity contribution in [1.82, 2.24) is 4.90 Å². The highest BCUT2D eigenvalue weighted by Crippen LogP contribution is 2.23. The molecule has 0 spiro atoms. The molecule has 1 saturated carbocycles. The van der Waals surface area contributed by atoms with E-state index in [-0.39, 0.29) is 5.91 Å². The number of carbonyl (C=O) groups excluding carboxylic acids is 1. The summed E-state index contributed by atoms with van der Waals surface area (Å²) >= 11 is 0. The van der Waals surface area contributed by atoms with Gasteiger partial charge in [0.2, 0.25) is 5.91 Å². The molecule has 0 saturated heterocycles. The van der Waals surface area contributed by atoms with Gasteiger partial charge in [0.25, 0.3) is 0 Å². The van der Waals surface area contributed by atoms with Crippen molar-refractivity contribution in [2.45, 2.75) is 25.3 Å². The topological polar surface area (TPSA) is 56.1 Å². The van der Waals surface area contributed by atoms with Crippen molar-refractivity contribution in [3.8, 4) is 6.07 Å². The maximum atomic E-state index is 11.8. The summed E-state index contributed by atoms with van der Waals surface area (Å²) in [4.78, 5) is 13.9. The second kappa shape index (κ2) is 5.65. The van der Waals surface area contributed by atoms with Crippen molar-refractivity contribution in [2.75, 3.05) is 18.9 Å². The Morgan fingerprint density at radius 3 is 2.94 bits per heavy atom. The van der Waals surface area contributed by atoms with E-state index in [0.29, 0.717) is 23.8 Å². The Morgan fingerprint density at radius 1 is 1.56 bits per heavy atom. The predicted octanol–water partition coefficient (Wildman–Crippen LogP) is 1.98. The van der Waals surface area contributed by atoms with Crippen LogP contribution in [0, 0.1) is 11.3 Å². The number of hydrogen-bond donors (Lipinski definition) is 1. The first-order chi connectivity index (χ1) is 8.69. The molecule has 1 N–H and O–H groups in total. The van der Waals surface area contributed by atoms with Crippen LogP contribution >= 0.6 is 0 Å². The molecule has 1 amide bonds. The molecule has 1 aromatic carbocycles. The highest BCUT2D eigenvalue weighted by atomic mass is 16.2. The number of benzene rings is 1. The van der Waals surface area contributed by atoms with Gasteiger partial charge in [0, 0.05) is 11.7 Å². The highest BCUT2D eigenvalue weighted by molar-refractivity contribution is 5.92. The first-order valence-corrected chi connectivity index (χ1v) is 6.19. The summed E-state index contributed by atoms with van der Waals surface area (Å²) in [6.45, 7) is 0.404. The largest absolute Gasteiger partial charge is 0.325 e. The van der Waals surface area contributed by atoms with Gasteiger partial charge in [0.1, 0.15) is 0 Å². The lowest BCUT2D eigenvalue weighted by atomic mass is 9.92. The molecule has 1 aromatic rings. The summed E-state index contributed by atoms with van der Waals surface area (Å²) in [7, 11) is 1.98. The molecular formula is C14H17N3O. The number of carbonyl (C=O) groups is 1. The highest BCUT2D eigenvalue weighted by Gasteiger charge is 2.23. The molecule has 0 unspecified atom stereocenters. The summed E-state index contributed by atoms with van der Waals surface area (Å²) in [5.74, 6) is -0.0283. The van der Waals surface area contributed by atoms with Gasteiger partial charge < -0.3 is 5.32 Å². The van der Waals surface area contributed by atoms with Crippen molar-refractivity contribution < 1.29 is 4.79 Å². The fourth-order valence-corrected chi connectivity index (χ4v) is 2.05. The number of nitriles is 1. The van der Waals surface area contributed by atoms with Crippen molar-refractivity contribution in [3.05, 3.63) is 29.8 Å². The van der Waals surface area contributed by atoms with Crippen molar-refractivity contribution in [3.63, 3.8) is 0 Å². The van der Waals surface area contributed by atoms with Crippen LogP contribution in [0.25, 0.3) is 0 Å². The average Bonchev–Trinajstić information content (AvgIpc) is 2.26. The first-order valence-electron chi connectivity index (χ1n) is 6.19. The van der Waals surface area contributed by atoms with Crippen LogP contribution in [0.1, 0.15) is 24.8 Å². The van der Waals surface area contributed by atoms with Crippen LogP contribution in [-0.2, 0) is 4.79 Å². The number of likely N-dealkylation sites (N-methyl/N-ethyl adjacent to an activating group) is 1. The third-order valence-corrected chi connectivity index (χ3v) is 3.37. The first kappa shape index (κ1) is 12.6. The normalized spacial score (nSPS) is 14.9. The van der Waals surface area contributed by atoms with E-state index < -0.39 is 0 Å². The quantitative estimate of drug-likeness (QED) is 0.879. The van der Waals surface area contributed by atoms with E-state index in [4.69, 9.17) is 5.26 Å². The third-order valence-electron chi connectivity index (χ3n) is 3.37. The summed E-state index contributed by atoms with van der Waals surface area (Å²) in [5, 5.41) is 11.6. The molecule has 0 atom stereocenters. The summed E-state index contributed by atoms with van der Waals surface area (Å²) in [6, 6.07) is 9.57. The SMILES string of the molecule is CN(CC(=O)Nc1cccc(C#N)c1)C1CCC1. The van der Waals surface area contributed by atoms with Crippen molar-refractivity contribution in [2.24, 2.45) is 0 Å². The van der Waals surface area contributed by atoms with Crippen LogP contribution in [0.3, 0.4) is 0 Å². The second-order valence-electron chi connectivity index (χ2n) is 4.74. The Bertz CT molecular complexity index is 474. The molecule has 18 heavy (non-hydrogen) atoms. The Morgan fingerprint density at radius 2 is 2.33 bits per heavy atom. The van der Waals surface area contributed by atoms with Crippen LogP contribution in [-0.4, -0.2) is 30.4 Å². The Hall–Kier alpha value is -1.86. The lowest BCUT2D eigenvalue weighted by molar-refractivity contribution is -0.117. The van der Waals surface area contributed by atoms with Crippen LogP contribution in [0.15, 0.2) is 24.3 Å². The second-order valence-corrected chi connectivity index (χ2v) is 4.74. The summed E-state index contributed by atoms with van der Waals surface area (Å²) in [5.41, 5.74) is 1.24. The molecular weight excluding hydrogens is 226 g/mol. The molecule has 94 valence electrons. The molecule has 2 rings (SSSR count). The number of nitrogens with zero attached hydrogens (tertiary/aromatic N) is 2. The Kier molecular flexibility index (Phi) is 3.96. The van der Waals surface area contributed by atoms with E-state index in [1.165, 1.54) is 19.3 Å². The molecule has 1 aliphatic carbocycles. The molecule has 0 radical (unpaired) electrons. The van der Waals surface area contributed by atoms with Crippen molar-refractivity contribution in [1.29, 1.82) is 5.26 Å². The average molecular weight is 243 g/mol. The van der Waals surface area contributed by atoms with Gasteiger partial charge in [0.05, 0.1) is 18.2 Å². The zero-order valence-electron chi connectivity index (χ0n) is 10.5. The zero-order valence-corrected chi connectivity index (χ0v) is 10.5. The lowest BCUT2D eigenvalue weighted by Gasteiger charge is -2.34. The number of hydrogen-bond acceptors (Lipinski definition) is 3. The van der Waals surface area contributed by atoms with Gasteiger partial charge in [-0.05, 0) is 38.1 Å². The lowest BCUT2D eigenvalue weighted by Crippen LogP contribution is -2.41. The van der Waals surface area contributed by atoms with Gasteiger partial charge in [-0.2, -0.15) is 5.26 Å². The van der Waals surface area contributed by atoms with E-state index in [9.17, 15) is 4.79 Å². The predicted molar refractivity (Wildman–Crippen MR) is 70.1 cm³/mol. The van der Waals surface area contributed by atoms with Gasteiger partial charge in [0.15, 0.2) is 0 Å². The Labute approximate surface area is 107 Å². The van der Waals surface area contributed by atoms with Crippen LogP contribution < -0.4 is 5.32 Å². The molecule has 1 aliphatic rings. The molecule has 0 aliphatic heterocycles. The summed E-state index contributed by atoms with van der Waals surface area (Å²) in [6.07, 6.45) is 3.64. The molecule has 1 fully saturated rings. The maximum absolute atomic E-state index is 11.8. The number of nitrogens with one attached hydrogen (secondary N) is 1. The summed E-state index contributed by atoms with van der Waals surface area (Å²) < 4.78 is 0. The van der Waals surface area contributed by atoms with Gasteiger partial charge in [-0.1, -0.05) is 12.5 Å².